The summed E-state index contributed by atoms with van der Waals surface area (Å²) in [6, 6.07) is 2.88. The molecular weight excluding hydrogens is 291 g/mol. The lowest BCUT2D eigenvalue weighted by atomic mass is 10.3. The Kier molecular flexibility index (Phi) is 4.28. The summed E-state index contributed by atoms with van der Waals surface area (Å²) in [5, 5.41) is 20.0. The number of hydrogen-bond donors (Lipinski definition) is 1. The van der Waals surface area contributed by atoms with E-state index >= 15 is 0 Å². The van der Waals surface area contributed by atoms with Gasteiger partial charge in [0.15, 0.2) is 5.65 Å². The van der Waals surface area contributed by atoms with Crippen molar-refractivity contribution in [1.82, 2.24) is 19.8 Å². The number of ether oxygens (including phenoxy) is 1. The molecule has 2 heterocycles. The quantitative estimate of drug-likeness (QED) is 0.871. The highest BCUT2D eigenvalue weighted by Gasteiger charge is 2.37. The predicted molar refractivity (Wildman–Crippen MR) is 66.9 cm³/mol. The molecule has 116 valence electrons. The Morgan fingerprint density at radius 1 is 1.38 bits per heavy atom. The highest BCUT2D eigenvalue weighted by molar-refractivity contribution is 5.45. The Hall–Kier alpha value is -1.94. The number of rotatable bonds is 5. The van der Waals surface area contributed by atoms with Crippen molar-refractivity contribution in [2.45, 2.75) is 12.3 Å². The SMILES string of the molecule is COCC(O)CN(C)c1ccc2nnc(C(F)(F)F)n2n1. The second kappa shape index (κ2) is 5.82. The zero-order valence-corrected chi connectivity index (χ0v) is 11.4. The second-order valence-corrected chi connectivity index (χ2v) is 4.47. The average Bonchev–Trinajstić information content (AvgIpc) is 2.81. The van der Waals surface area contributed by atoms with Crippen LogP contribution in [0.4, 0.5) is 19.0 Å². The molecule has 0 aromatic carbocycles. The molecule has 2 aromatic heterocycles. The van der Waals surface area contributed by atoms with Gasteiger partial charge < -0.3 is 14.7 Å². The summed E-state index contributed by atoms with van der Waals surface area (Å²) in [5.74, 6) is -0.937. The summed E-state index contributed by atoms with van der Waals surface area (Å²) in [7, 11) is 3.05. The third-order valence-electron chi connectivity index (χ3n) is 2.74. The van der Waals surface area contributed by atoms with Gasteiger partial charge in [-0.05, 0) is 12.1 Å². The van der Waals surface area contributed by atoms with Crippen molar-refractivity contribution < 1.29 is 23.0 Å². The lowest BCUT2D eigenvalue weighted by molar-refractivity contribution is -0.146. The van der Waals surface area contributed by atoms with Gasteiger partial charge in [-0.3, -0.25) is 0 Å². The minimum atomic E-state index is -4.64. The van der Waals surface area contributed by atoms with Gasteiger partial charge in [-0.1, -0.05) is 0 Å². The van der Waals surface area contributed by atoms with Crippen LogP contribution in [0.5, 0.6) is 0 Å². The van der Waals surface area contributed by atoms with Gasteiger partial charge in [0.1, 0.15) is 5.82 Å². The number of fused-ring (bicyclic) bond motifs is 1. The van der Waals surface area contributed by atoms with E-state index in [-0.39, 0.29) is 24.6 Å². The van der Waals surface area contributed by atoms with E-state index in [2.05, 4.69) is 15.3 Å². The standard InChI is InChI=1S/C11H14F3N5O2/c1-18(5-7(20)6-21-2)9-4-3-8-15-16-10(11(12,13)14)19(8)17-9/h3-4,7,20H,5-6H2,1-2H3. The van der Waals surface area contributed by atoms with Gasteiger partial charge in [0.2, 0.25) is 0 Å². The molecule has 0 bridgehead atoms. The smallest absolute Gasteiger partial charge is 0.389 e. The Morgan fingerprint density at radius 2 is 2.10 bits per heavy atom. The molecule has 0 spiro atoms. The fourth-order valence-corrected chi connectivity index (χ4v) is 1.81. The minimum absolute atomic E-state index is 0.00286. The zero-order valence-electron chi connectivity index (χ0n) is 11.4. The molecule has 0 radical (unpaired) electrons. The van der Waals surface area contributed by atoms with Crippen LogP contribution in [-0.2, 0) is 10.9 Å². The molecule has 1 N–H and O–H groups in total. The van der Waals surface area contributed by atoms with E-state index in [1.807, 2.05) is 0 Å². The number of aliphatic hydroxyl groups excluding tert-OH is 1. The van der Waals surface area contributed by atoms with Gasteiger partial charge in [0.25, 0.3) is 5.82 Å². The number of halogens is 3. The van der Waals surface area contributed by atoms with E-state index in [4.69, 9.17) is 4.74 Å². The number of anilines is 1. The molecular formula is C11H14F3N5O2. The number of nitrogens with zero attached hydrogens (tertiary/aromatic N) is 5. The van der Waals surface area contributed by atoms with Crippen LogP contribution in [-0.4, -0.2) is 58.3 Å². The van der Waals surface area contributed by atoms with Crippen LogP contribution < -0.4 is 4.90 Å². The van der Waals surface area contributed by atoms with Gasteiger partial charge in [-0.15, -0.1) is 15.3 Å². The molecule has 2 rings (SSSR count). The van der Waals surface area contributed by atoms with Crippen molar-refractivity contribution in [3.8, 4) is 0 Å². The lowest BCUT2D eigenvalue weighted by Gasteiger charge is -2.21. The first-order valence-electron chi connectivity index (χ1n) is 6.00. The summed E-state index contributed by atoms with van der Waals surface area (Å²) >= 11 is 0. The summed E-state index contributed by atoms with van der Waals surface area (Å²) < 4.78 is 43.7. The Bertz CT molecular complexity index is 615. The van der Waals surface area contributed by atoms with Crippen LogP contribution in [0, 0.1) is 0 Å². The minimum Gasteiger partial charge on any atom is -0.389 e. The van der Waals surface area contributed by atoms with Crippen molar-refractivity contribution >= 4 is 11.5 Å². The maximum absolute atomic E-state index is 12.8. The molecule has 0 fully saturated rings. The largest absolute Gasteiger partial charge is 0.453 e. The molecule has 0 amide bonds. The summed E-state index contributed by atoms with van der Waals surface area (Å²) in [4.78, 5) is 1.52. The zero-order chi connectivity index (χ0) is 15.6. The molecule has 0 aliphatic heterocycles. The number of aromatic nitrogens is 4. The van der Waals surface area contributed by atoms with Gasteiger partial charge in [-0.25, -0.2) is 0 Å². The molecule has 21 heavy (non-hydrogen) atoms. The van der Waals surface area contributed by atoms with Crippen LogP contribution in [0.15, 0.2) is 12.1 Å². The third-order valence-corrected chi connectivity index (χ3v) is 2.74. The van der Waals surface area contributed by atoms with E-state index in [1.165, 1.54) is 24.1 Å². The summed E-state index contributed by atoms with van der Waals surface area (Å²) in [6.07, 6.45) is -5.42. The third kappa shape index (κ3) is 3.39. The lowest BCUT2D eigenvalue weighted by Crippen LogP contribution is -2.32. The fraction of sp³-hybridized carbons (Fsp3) is 0.545. The topological polar surface area (TPSA) is 75.8 Å². The highest BCUT2D eigenvalue weighted by atomic mass is 19.4. The molecule has 2 aromatic rings. The number of hydrogen-bond acceptors (Lipinski definition) is 6. The molecule has 1 unspecified atom stereocenters. The van der Waals surface area contributed by atoms with Gasteiger partial charge in [-0.2, -0.15) is 17.7 Å². The molecule has 1 atom stereocenters. The van der Waals surface area contributed by atoms with Crippen LogP contribution in [0.25, 0.3) is 5.65 Å². The van der Waals surface area contributed by atoms with Crippen LogP contribution in [0.3, 0.4) is 0 Å². The fourth-order valence-electron chi connectivity index (χ4n) is 1.81. The maximum Gasteiger partial charge on any atom is 0.453 e. The number of likely N-dealkylation sites (N-methyl/N-ethyl adjacent to an activating group) is 1. The van der Waals surface area contributed by atoms with Crippen LogP contribution in [0.2, 0.25) is 0 Å². The van der Waals surface area contributed by atoms with Gasteiger partial charge in [0, 0.05) is 20.7 Å². The van der Waals surface area contributed by atoms with Gasteiger partial charge in [0.05, 0.1) is 12.7 Å². The molecule has 10 heteroatoms. The number of aliphatic hydroxyl groups is 1. The summed E-state index contributed by atoms with van der Waals surface area (Å²) in [5.41, 5.74) is -0.00286. The second-order valence-electron chi connectivity index (χ2n) is 4.47. The monoisotopic (exact) mass is 305 g/mol. The van der Waals surface area contributed by atoms with Crippen molar-refractivity contribution in [3.05, 3.63) is 18.0 Å². The normalized spacial score (nSPS) is 13.6. The first kappa shape index (κ1) is 15.4. The number of methoxy groups -OCH3 is 1. The Balaban J connectivity index is 2.29. The number of alkyl halides is 3. The molecule has 0 saturated heterocycles. The van der Waals surface area contributed by atoms with E-state index < -0.39 is 18.1 Å². The van der Waals surface area contributed by atoms with E-state index in [1.54, 1.807) is 7.05 Å². The first-order valence-corrected chi connectivity index (χ1v) is 6.00. The Morgan fingerprint density at radius 3 is 2.71 bits per heavy atom. The van der Waals surface area contributed by atoms with Crippen molar-refractivity contribution in [2.75, 3.05) is 32.2 Å². The van der Waals surface area contributed by atoms with E-state index in [9.17, 15) is 18.3 Å². The van der Waals surface area contributed by atoms with Crippen molar-refractivity contribution in [1.29, 1.82) is 0 Å². The summed E-state index contributed by atoms with van der Waals surface area (Å²) in [6.45, 7) is 0.281. The van der Waals surface area contributed by atoms with Crippen LogP contribution in [0.1, 0.15) is 5.82 Å². The molecule has 7 nitrogen and oxygen atoms in total. The average molecular weight is 305 g/mol. The van der Waals surface area contributed by atoms with Gasteiger partial charge >= 0.3 is 6.18 Å². The molecule has 0 saturated carbocycles. The molecule has 0 aliphatic carbocycles. The first-order chi connectivity index (χ1) is 9.82. The van der Waals surface area contributed by atoms with Crippen LogP contribution >= 0.6 is 0 Å². The van der Waals surface area contributed by atoms with Crippen molar-refractivity contribution in [3.63, 3.8) is 0 Å². The highest BCUT2D eigenvalue weighted by Crippen LogP contribution is 2.27. The molecule has 0 aliphatic rings. The van der Waals surface area contributed by atoms with E-state index in [0.29, 0.717) is 4.52 Å². The Labute approximate surface area is 117 Å². The predicted octanol–water partition coefficient (Wildman–Crippen LogP) is 0.587. The van der Waals surface area contributed by atoms with E-state index in [0.717, 1.165) is 0 Å². The van der Waals surface area contributed by atoms with Crippen molar-refractivity contribution in [2.24, 2.45) is 0 Å². The maximum atomic E-state index is 12.8.